The molecule has 0 bridgehead atoms. The summed E-state index contributed by atoms with van der Waals surface area (Å²) >= 11 is 0. The molecule has 0 aliphatic heterocycles. The van der Waals surface area contributed by atoms with E-state index in [2.05, 4.69) is 37.5 Å². The summed E-state index contributed by atoms with van der Waals surface area (Å²) in [7, 11) is 0. The van der Waals surface area contributed by atoms with Gasteiger partial charge in [0.05, 0.1) is 13.1 Å². The summed E-state index contributed by atoms with van der Waals surface area (Å²) in [5, 5.41) is 6.08. The molecule has 0 aliphatic rings. The summed E-state index contributed by atoms with van der Waals surface area (Å²) in [6.07, 6.45) is 0. The van der Waals surface area contributed by atoms with E-state index in [-0.39, 0.29) is 17.9 Å². The minimum absolute atomic E-state index is 0.0313. The van der Waals surface area contributed by atoms with Crippen molar-refractivity contribution in [2.45, 2.75) is 26.2 Å². The first-order valence-corrected chi connectivity index (χ1v) is 8.25. The first-order chi connectivity index (χ1) is 11.5. The van der Waals surface area contributed by atoms with E-state index in [1.807, 2.05) is 48.5 Å². The smallest absolute Gasteiger partial charge is 0.239 e. The highest BCUT2D eigenvalue weighted by molar-refractivity contribution is 5.81. The fraction of sp³-hybridized carbons (Fsp3) is 0.350. The zero-order valence-electron chi connectivity index (χ0n) is 14.6. The molecule has 0 heterocycles. The van der Waals surface area contributed by atoms with Gasteiger partial charge >= 0.3 is 0 Å². The molecule has 0 aromatic heterocycles. The molecule has 2 aromatic carbocycles. The second-order valence-corrected chi connectivity index (χ2v) is 6.66. The van der Waals surface area contributed by atoms with Crippen molar-refractivity contribution in [2.75, 3.05) is 25.0 Å². The summed E-state index contributed by atoms with van der Waals surface area (Å²) in [6.45, 7) is 7.67. The van der Waals surface area contributed by atoms with Crippen LogP contribution in [0.5, 0.6) is 5.75 Å². The SMILES string of the molecule is CC(C)(C)c1ccccc1NCC(=O)NCCOc1ccccc1. The van der Waals surface area contributed by atoms with Gasteiger partial charge in [-0.1, -0.05) is 57.2 Å². The number of benzene rings is 2. The molecule has 0 atom stereocenters. The van der Waals surface area contributed by atoms with E-state index in [1.165, 1.54) is 5.56 Å². The van der Waals surface area contributed by atoms with Crippen LogP contribution in [0, 0.1) is 0 Å². The van der Waals surface area contributed by atoms with Crippen LogP contribution in [0.4, 0.5) is 5.69 Å². The Morgan fingerprint density at radius 1 is 1.00 bits per heavy atom. The van der Waals surface area contributed by atoms with Gasteiger partial charge in [-0.2, -0.15) is 0 Å². The maximum absolute atomic E-state index is 12.0. The maximum Gasteiger partial charge on any atom is 0.239 e. The third kappa shape index (κ3) is 5.61. The average Bonchev–Trinajstić information content (AvgIpc) is 2.57. The normalized spacial score (nSPS) is 11.0. The Morgan fingerprint density at radius 3 is 2.38 bits per heavy atom. The van der Waals surface area contributed by atoms with Gasteiger partial charge in [-0.25, -0.2) is 0 Å². The molecule has 0 spiro atoms. The number of carbonyl (C=O) groups excluding carboxylic acids is 1. The van der Waals surface area contributed by atoms with Gasteiger partial charge in [0.15, 0.2) is 0 Å². The van der Waals surface area contributed by atoms with Crippen molar-refractivity contribution in [1.29, 1.82) is 0 Å². The average molecular weight is 326 g/mol. The Balaban J connectivity index is 1.74. The van der Waals surface area contributed by atoms with Crippen molar-refractivity contribution in [3.63, 3.8) is 0 Å². The van der Waals surface area contributed by atoms with E-state index >= 15 is 0 Å². The zero-order chi connectivity index (χ0) is 17.4. The maximum atomic E-state index is 12.0. The van der Waals surface area contributed by atoms with Gasteiger partial charge in [0, 0.05) is 5.69 Å². The van der Waals surface area contributed by atoms with E-state index in [0.29, 0.717) is 13.2 Å². The summed E-state index contributed by atoms with van der Waals surface area (Å²) in [5.41, 5.74) is 2.23. The number of amides is 1. The van der Waals surface area contributed by atoms with Crippen molar-refractivity contribution in [3.05, 3.63) is 60.2 Å². The molecule has 0 saturated heterocycles. The molecule has 0 unspecified atom stereocenters. The van der Waals surface area contributed by atoms with Crippen LogP contribution in [-0.2, 0) is 10.2 Å². The van der Waals surface area contributed by atoms with Crippen LogP contribution in [0.25, 0.3) is 0 Å². The molecule has 2 aromatic rings. The second kappa shape index (κ2) is 8.39. The number of rotatable bonds is 7. The van der Waals surface area contributed by atoms with E-state index in [1.54, 1.807) is 0 Å². The number of para-hydroxylation sites is 2. The summed E-state index contributed by atoms with van der Waals surface area (Å²) in [6, 6.07) is 17.7. The largest absolute Gasteiger partial charge is 0.492 e. The van der Waals surface area contributed by atoms with Gasteiger partial charge < -0.3 is 15.4 Å². The summed E-state index contributed by atoms with van der Waals surface area (Å²) in [5.74, 6) is 0.763. The summed E-state index contributed by atoms with van der Waals surface area (Å²) < 4.78 is 5.55. The molecular formula is C20H26N2O2. The van der Waals surface area contributed by atoms with Crippen molar-refractivity contribution in [2.24, 2.45) is 0 Å². The van der Waals surface area contributed by atoms with Crippen LogP contribution in [-0.4, -0.2) is 25.6 Å². The van der Waals surface area contributed by atoms with Gasteiger partial charge in [-0.15, -0.1) is 0 Å². The number of nitrogens with one attached hydrogen (secondary N) is 2. The monoisotopic (exact) mass is 326 g/mol. The predicted molar refractivity (Wildman–Crippen MR) is 98.6 cm³/mol. The molecule has 0 saturated carbocycles. The highest BCUT2D eigenvalue weighted by atomic mass is 16.5. The summed E-state index contributed by atoms with van der Waals surface area (Å²) in [4.78, 5) is 12.0. The van der Waals surface area contributed by atoms with Crippen LogP contribution >= 0.6 is 0 Å². The lowest BCUT2D eigenvalue weighted by Crippen LogP contribution is -2.33. The van der Waals surface area contributed by atoms with Gasteiger partial charge in [0.25, 0.3) is 0 Å². The predicted octanol–water partition coefficient (Wildman–Crippen LogP) is 3.59. The lowest BCUT2D eigenvalue weighted by molar-refractivity contribution is -0.119. The third-order valence-corrected chi connectivity index (χ3v) is 3.61. The molecular weight excluding hydrogens is 300 g/mol. The van der Waals surface area contributed by atoms with E-state index in [0.717, 1.165) is 11.4 Å². The van der Waals surface area contributed by atoms with Gasteiger partial charge in [0.1, 0.15) is 12.4 Å². The number of anilines is 1. The Bertz CT molecular complexity index is 648. The van der Waals surface area contributed by atoms with Crippen LogP contribution in [0.3, 0.4) is 0 Å². The Labute approximate surface area is 144 Å². The minimum Gasteiger partial charge on any atom is -0.492 e. The van der Waals surface area contributed by atoms with Crippen LogP contribution in [0.2, 0.25) is 0 Å². The Hall–Kier alpha value is -2.49. The molecule has 24 heavy (non-hydrogen) atoms. The molecule has 2 rings (SSSR count). The third-order valence-electron chi connectivity index (χ3n) is 3.61. The molecule has 4 nitrogen and oxygen atoms in total. The van der Waals surface area contributed by atoms with Gasteiger partial charge in [0.2, 0.25) is 5.91 Å². The molecule has 0 fully saturated rings. The Morgan fingerprint density at radius 2 is 1.67 bits per heavy atom. The van der Waals surface area contributed by atoms with E-state index in [9.17, 15) is 4.79 Å². The number of hydrogen-bond acceptors (Lipinski definition) is 3. The van der Waals surface area contributed by atoms with Crippen molar-refractivity contribution in [3.8, 4) is 5.75 Å². The minimum atomic E-state index is -0.0460. The van der Waals surface area contributed by atoms with Gasteiger partial charge in [-0.05, 0) is 29.2 Å². The van der Waals surface area contributed by atoms with Gasteiger partial charge in [-0.3, -0.25) is 4.79 Å². The lowest BCUT2D eigenvalue weighted by Gasteiger charge is -2.23. The highest BCUT2D eigenvalue weighted by Crippen LogP contribution is 2.28. The standard InChI is InChI=1S/C20H26N2O2/c1-20(2,3)17-11-7-8-12-18(17)22-15-19(23)21-13-14-24-16-9-5-4-6-10-16/h4-12,22H,13-15H2,1-3H3,(H,21,23). The van der Waals surface area contributed by atoms with E-state index < -0.39 is 0 Å². The Kier molecular flexibility index (Phi) is 6.24. The van der Waals surface area contributed by atoms with Crippen LogP contribution < -0.4 is 15.4 Å². The second-order valence-electron chi connectivity index (χ2n) is 6.66. The molecule has 1 amide bonds. The number of ether oxygens (including phenoxy) is 1. The quantitative estimate of drug-likeness (QED) is 0.765. The van der Waals surface area contributed by atoms with Crippen LogP contribution in [0.15, 0.2) is 54.6 Å². The number of hydrogen-bond donors (Lipinski definition) is 2. The van der Waals surface area contributed by atoms with Crippen molar-refractivity contribution >= 4 is 11.6 Å². The fourth-order valence-electron chi connectivity index (χ4n) is 2.41. The topological polar surface area (TPSA) is 50.4 Å². The number of carbonyl (C=O) groups is 1. The van der Waals surface area contributed by atoms with Crippen molar-refractivity contribution < 1.29 is 9.53 Å². The molecule has 0 aliphatic carbocycles. The zero-order valence-corrected chi connectivity index (χ0v) is 14.6. The molecule has 128 valence electrons. The van der Waals surface area contributed by atoms with Crippen molar-refractivity contribution in [1.82, 2.24) is 5.32 Å². The highest BCUT2D eigenvalue weighted by Gasteiger charge is 2.17. The molecule has 4 heteroatoms. The van der Waals surface area contributed by atoms with E-state index in [4.69, 9.17) is 4.74 Å². The first-order valence-electron chi connectivity index (χ1n) is 8.25. The fourth-order valence-corrected chi connectivity index (χ4v) is 2.41. The lowest BCUT2D eigenvalue weighted by atomic mass is 9.86. The van der Waals surface area contributed by atoms with Crippen LogP contribution in [0.1, 0.15) is 26.3 Å². The first kappa shape index (κ1) is 17.9. The molecule has 2 N–H and O–H groups in total. The molecule has 0 radical (unpaired) electrons.